The number of allylic oxidation sites excluding steroid dienone is 1. The van der Waals surface area contributed by atoms with Gasteiger partial charge in [-0.25, -0.2) is 0 Å². The van der Waals surface area contributed by atoms with Crippen LogP contribution >= 0.6 is 0 Å². The zero-order valence-corrected chi connectivity index (χ0v) is 15.4. The Balaban J connectivity index is 1.92. The summed E-state index contributed by atoms with van der Waals surface area (Å²) >= 11 is 0. The van der Waals surface area contributed by atoms with Crippen LogP contribution in [0.3, 0.4) is 0 Å². The van der Waals surface area contributed by atoms with Crippen LogP contribution in [0.1, 0.15) is 38.5 Å². The fraction of sp³-hybridized carbons (Fsp3) is 0.867. The van der Waals surface area contributed by atoms with E-state index in [9.17, 15) is 13.2 Å². The van der Waals surface area contributed by atoms with E-state index in [1.807, 2.05) is 0 Å². The molecule has 22 heavy (non-hydrogen) atoms. The highest BCUT2D eigenvalue weighted by Crippen LogP contribution is 2.37. The van der Waals surface area contributed by atoms with Crippen LogP contribution in [-0.4, -0.2) is 36.7 Å². The monoisotopic (exact) mass is 352 g/mol. The van der Waals surface area contributed by atoms with E-state index in [4.69, 9.17) is 8.85 Å². The summed E-state index contributed by atoms with van der Waals surface area (Å²) in [6, 6.07) is 3.61. The molecule has 0 radical (unpaired) electrons. The third kappa shape index (κ3) is 5.51. The second-order valence-electron chi connectivity index (χ2n) is 6.56. The molecule has 2 atom stereocenters. The zero-order valence-electron chi connectivity index (χ0n) is 13.2. The molecule has 2 unspecified atom stereocenters. The van der Waals surface area contributed by atoms with Gasteiger partial charge in [0.15, 0.2) is 9.04 Å². The largest absolute Gasteiger partial charge is 0.420 e. The number of rotatable bonds is 6. The van der Waals surface area contributed by atoms with Crippen molar-refractivity contribution >= 4 is 17.4 Å². The Morgan fingerprint density at radius 2 is 1.91 bits per heavy atom. The summed E-state index contributed by atoms with van der Waals surface area (Å²) < 4.78 is 49.4. The molecule has 2 heterocycles. The molecule has 0 amide bonds. The molecule has 128 valence electrons. The van der Waals surface area contributed by atoms with E-state index in [2.05, 4.69) is 6.58 Å². The zero-order chi connectivity index (χ0) is 16.1. The van der Waals surface area contributed by atoms with Gasteiger partial charge in [-0.3, -0.25) is 0 Å². The molecule has 0 aliphatic carbocycles. The maximum Gasteiger partial charge on any atom is 0.389 e. The van der Waals surface area contributed by atoms with Crippen molar-refractivity contribution in [1.29, 1.82) is 0 Å². The highest BCUT2D eigenvalue weighted by molar-refractivity contribution is 6.82. The van der Waals surface area contributed by atoms with E-state index < -0.39 is 30.0 Å². The molecular weight excluding hydrogens is 325 g/mol. The molecule has 2 saturated heterocycles. The van der Waals surface area contributed by atoms with E-state index >= 15 is 0 Å². The highest BCUT2D eigenvalue weighted by atomic mass is 28.4. The minimum atomic E-state index is -4.06. The summed E-state index contributed by atoms with van der Waals surface area (Å²) in [6.45, 7) is 5.82. The van der Waals surface area contributed by atoms with Gasteiger partial charge in [-0.05, 0) is 43.4 Å². The van der Waals surface area contributed by atoms with E-state index in [0.29, 0.717) is 12.7 Å². The molecule has 2 aliphatic rings. The number of hydrogen-bond donors (Lipinski definition) is 0. The predicted octanol–water partition coefficient (Wildman–Crippen LogP) is 4.71. The molecule has 0 aromatic heterocycles. The Bertz CT molecular complexity index is 362. The minimum absolute atomic E-state index is 0.182. The molecule has 2 rings (SSSR count). The maximum absolute atomic E-state index is 12.4. The lowest BCUT2D eigenvalue weighted by Crippen LogP contribution is -2.45. The predicted molar refractivity (Wildman–Crippen MR) is 86.9 cm³/mol. The van der Waals surface area contributed by atoms with Gasteiger partial charge in [0, 0.05) is 19.6 Å². The first-order valence-corrected chi connectivity index (χ1v) is 12.8. The maximum atomic E-state index is 12.4. The normalized spacial score (nSPS) is 30.2. The summed E-state index contributed by atoms with van der Waals surface area (Å²) in [5, 5.41) is 1.13. The van der Waals surface area contributed by atoms with Crippen molar-refractivity contribution in [3.05, 3.63) is 11.8 Å². The molecule has 0 saturated carbocycles. The number of halogens is 3. The van der Waals surface area contributed by atoms with Crippen LogP contribution in [0.4, 0.5) is 13.2 Å². The number of alkyl halides is 3. The Hall–Kier alpha value is -0.116. The molecule has 0 bridgehead atoms. The van der Waals surface area contributed by atoms with Crippen molar-refractivity contribution in [1.82, 2.24) is 0 Å². The van der Waals surface area contributed by atoms with Gasteiger partial charge in [-0.2, -0.15) is 13.2 Å². The quantitative estimate of drug-likeness (QED) is 0.644. The molecule has 2 nitrogen and oxygen atoms in total. The summed E-state index contributed by atoms with van der Waals surface area (Å²) in [7, 11) is -3.44. The van der Waals surface area contributed by atoms with Crippen molar-refractivity contribution < 1.29 is 22.0 Å². The van der Waals surface area contributed by atoms with E-state index in [1.54, 1.807) is 0 Å². The molecule has 7 heteroatoms. The lowest BCUT2D eigenvalue weighted by molar-refractivity contribution is -0.134. The fourth-order valence-corrected chi connectivity index (χ4v) is 11.5. The lowest BCUT2D eigenvalue weighted by atomic mass is 10.3. The van der Waals surface area contributed by atoms with Gasteiger partial charge < -0.3 is 8.85 Å². The Kier molecular flexibility index (Phi) is 6.73. The van der Waals surface area contributed by atoms with Crippen molar-refractivity contribution in [3.63, 3.8) is 0 Å². The van der Waals surface area contributed by atoms with Crippen molar-refractivity contribution in [2.45, 2.75) is 68.9 Å². The highest BCUT2D eigenvalue weighted by Gasteiger charge is 2.41. The van der Waals surface area contributed by atoms with Crippen molar-refractivity contribution in [2.24, 2.45) is 0 Å². The van der Waals surface area contributed by atoms with Crippen LogP contribution in [0.5, 0.6) is 0 Å². The average Bonchev–Trinajstić information content (AvgIpc) is 2.48. The molecule has 0 aromatic carbocycles. The van der Waals surface area contributed by atoms with Crippen LogP contribution in [0.15, 0.2) is 11.8 Å². The third-order valence-electron chi connectivity index (χ3n) is 4.79. The first kappa shape index (κ1) is 18.2. The Labute approximate surface area is 133 Å². The fourth-order valence-electron chi connectivity index (χ4n) is 3.51. The van der Waals surface area contributed by atoms with Crippen LogP contribution in [0.25, 0.3) is 0 Å². The summed E-state index contributed by atoms with van der Waals surface area (Å²) in [4.78, 5) is 0. The first-order chi connectivity index (χ1) is 10.4. The topological polar surface area (TPSA) is 18.5 Å². The first-order valence-electron chi connectivity index (χ1n) is 8.42. The van der Waals surface area contributed by atoms with Crippen LogP contribution in [0, 0.1) is 0 Å². The van der Waals surface area contributed by atoms with E-state index in [0.717, 1.165) is 43.2 Å². The summed E-state index contributed by atoms with van der Waals surface area (Å²) in [5.41, 5.74) is 0. The molecule has 0 aromatic rings. The summed E-state index contributed by atoms with van der Waals surface area (Å²) in [6.07, 6.45) is -0.109. The van der Waals surface area contributed by atoms with Crippen molar-refractivity contribution in [3.8, 4) is 0 Å². The van der Waals surface area contributed by atoms with Crippen LogP contribution in [-0.2, 0) is 8.85 Å². The van der Waals surface area contributed by atoms with Gasteiger partial charge >= 0.3 is 6.18 Å². The van der Waals surface area contributed by atoms with Gasteiger partial charge in [0.05, 0.1) is 0 Å². The lowest BCUT2D eigenvalue weighted by Gasteiger charge is -2.38. The summed E-state index contributed by atoms with van der Waals surface area (Å²) in [5.74, 6) is 0. The standard InChI is InChI=1S/C15H27F3O2Si2/c1-14(13-21-10-4-2-8-19-21)22(11-5-3-9-20-22)12-6-7-15(16,17)18/h21H,1-13H2. The smallest absolute Gasteiger partial charge is 0.389 e. The second-order valence-corrected chi connectivity index (χ2v) is 13.1. The van der Waals surface area contributed by atoms with Crippen LogP contribution < -0.4 is 0 Å². The number of hydrogen-bond acceptors (Lipinski definition) is 2. The van der Waals surface area contributed by atoms with Gasteiger partial charge in [-0.15, -0.1) is 6.58 Å². The molecule has 0 spiro atoms. The Morgan fingerprint density at radius 1 is 1.14 bits per heavy atom. The SMILES string of the molecule is C=C(C[SiH]1CCCCO1)[Si]1(CCCC(F)(F)F)CCCCO1. The van der Waals surface area contributed by atoms with Gasteiger partial charge in [0.1, 0.15) is 0 Å². The van der Waals surface area contributed by atoms with Gasteiger partial charge in [-0.1, -0.05) is 18.0 Å². The molecule has 2 aliphatic heterocycles. The van der Waals surface area contributed by atoms with Crippen molar-refractivity contribution in [2.75, 3.05) is 13.2 Å². The van der Waals surface area contributed by atoms with Gasteiger partial charge in [0.2, 0.25) is 8.32 Å². The molecule has 0 N–H and O–H groups in total. The molecule has 2 fully saturated rings. The van der Waals surface area contributed by atoms with E-state index in [1.165, 1.54) is 12.5 Å². The Morgan fingerprint density at radius 3 is 2.50 bits per heavy atom. The minimum Gasteiger partial charge on any atom is -0.420 e. The second kappa shape index (κ2) is 8.12. The molecular formula is C15H27F3O2Si2. The van der Waals surface area contributed by atoms with Crippen LogP contribution in [0.2, 0.25) is 24.2 Å². The average molecular weight is 353 g/mol. The third-order valence-corrected chi connectivity index (χ3v) is 12.5. The van der Waals surface area contributed by atoms with Gasteiger partial charge in [0.25, 0.3) is 0 Å². The van der Waals surface area contributed by atoms with E-state index in [-0.39, 0.29) is 6.42 Å².